The van der Waals surface area contributed by atoms with Crippen LogP contribution in [0.4, 0.5) is 5.82 Å². The molecule has 1 saturated heterocycles. The van der Waals surface area contributed by atoms with Crippen molar-refractivity contribution in [2.24, 2.45) is 11.8 Å². The van der Waals surface area contributed by atoms with Crippen LogP contribution in [0, 0.1) is 11.8 Å². The predicted molar refractivity (Wildman–Crippen MR) is 88.6 cm³/mol. The van der Waals surface area contributed by atoms with E-state index < -0.39 is 0 Å². The average Bonchev–Trinajstić information content (AvgIpc) is 3.02. The van der Waals surface area contributed by atoms with Gasteiger partial charge in [-0.3, -0.25) is 4.79 Å². The number of amides is 1. The van der Waals surface area contributed by atoms with Crippen molar-refractivity contribution < 1.29 is 4.79 Å². The summed E-state index contributed by atoms with van der Waals surface area (Å²) >= 11 is 0. The molecule has 3 rings (SSSR count). The third-order valence-electron chi connectivity index (χ3n) is 4.56. The molecule has 0 spiro atoms. The first kappa shape index (κ1) is 15.7. The zero-order chi connectivity index (χ0) is 16.4. The highest BCUT2D eigenvalue weighted by molar-refractivity contribution is 5.80. The maximum atomic E-state index is 12.0. The Bertz CT molecular complexity index is 687. The van der Waals surface area contributed by atoms with Gasteiger partial charge in [0, 0.05) is 25.4 Å². The Morgan fingerprint density at radius 1 is 1.39 bits per heavy atom. The molecule has 0 aliphatic carbocycles. The number of hydrogen-bond acceptors (Lipinski definition) is 5. The summed E-state index contributed by atoms with van der Waals surface area (Å²) in [5.41, 5.74) is 7.26. The zero-order valence-electron chi connectivity index (χ0n) is 13.7. The van der Waals surface area contributed by atoms with E-state index in [1.54, 1.807) is 6.33 Å². The molecule has 7 nitrogen and oxygen atoms in total. The summed E-state index contributed by atoms with van der Waals surface area (Å²) in [6.07, 6.45) is 5.52. The van der Waals surface area contributed by atoms with Crippen LogP contribution in [0.1, 0.15) is 38.9 Å². The van der Waals surface area contributed by atoms with Crippen molar-refractivity contribution in [3.05, 3.63) is 12.2 Å². The second-order valence-corrected chi connectivity index (χ2v) is 6.59. The number of carbonyl (C=O) groups is 1. The molecule has 2 aromatic heterocycles. The molecule has 0 radical (unpaired) electrons. The topological polar surface area (TPSA) is 101 Å². The van der Waals surface area contributed by atoms with Crippen molar-refractivity contribution in [2.45, 2.75) is 39.5 Å². The standard InChI is InChI=1S/C16H24N6O/c1-10(2)16(23)22-7-5-11(6-8-22)3-4-12-20-14(17)13-15(21-12)19-9-18-13/h9-11H,3-8H2,1-2H3,(H3,17,18,19,20,21). The van der Waals surface area contributed by atoms with E-state index in [1.165, 1.54) is 0 Å². The van der Waals surface area contributed by atoms with Gasteiger partial charge >= 0.3 is 0 Å². The molecular weight excluding hydrogens is 292 g/mol. The van der Waals surface area contributed by atoms with Crippen LogP contribution in [-0.4, -0.2) is 43.8 Å². The summed E-state index contributed by atoms with van der Waals surface area (Å²) in [6.45, 7) is 5.65. The Balaban J connectivity index is 1.54. The van der Waals surface area contributed by atoms with Crippen LogP contribution in [-0.2, 0) is 11.2 Å². The Kier molecular flexibility index (Phi) is 4.45. The lowest BCUT2D eigenvalue weighted by Crippen LogP contribution is -2.40. The molecule has 0 saturated carbocycles. The van der Waals surface area contributed by atoms with Crippen molar-refractivity contribution >= 4 is 22.9 Å². The van der Waals surface area contributed by atoms with Crippen LogP contribution in [0.5, 0.6) is 0 Å². The molecule has 1 aliphatic rings. The van der Waals surface area contributed by atoms with Crippen molar-refractivity contribution in [1.29, 1.82) is 0 Å². The average molecular weight is 316 g/mol. The fraction of sp³-hybridized carbons (Fsp3) is 0.625. The number of hydrogen-bond donors (Lipinski definition) is 2. The Labute approximate surface area is 135 Å². The normalized spacial score (nSPS) is 16.4. The summed E-state index contributed by atoms with van der Waals surface area (Å²) < 4.78 is 0. The molecule has 23 heavy (non-hydrogen) atoms. The number of nitrogens with one attached hydrogen (secondary N) is 1. The molecule has 2 aromatic rings. The Hall–Kier alpha value is -2.18. The first-order valence-corrected chi connectivity index (χ1v) is 8.29. The number of likely N-dealkylation sites (tertiary alicyclic amines) is 1. The van der Waals surface area contributed by atoms with Gasteiger partial charge in [-0.2, -0.15) is 0 Å². The number of aryl methyl sites for hydroxylation is 1. The molecule has 0 unspecified atom stereocenters. The van der Waals surface area contributed by atoms with Crippen molar-refractivity contribution in [1.82, 2.24) is 24.8 Å². The second-order valence-electron chi connectivity index (χ2n) is 6.59. The molecule has 0 bridgehead atoms. The lowest BCUT2D eigenvalue weighted by atomic mass is 9.91. The Morgan fingerprint density at radius 2 is 2.13 bits per heavy atom. The van der Waals surface area contributed by atoms with Crippen LogP contribution in [0.15, 0.2) is 6.33 Å². The molecule has 1 amide bonds. The number of nitrogen functional groups attached to an aromatic ring is 1. The molecule has 3 heterocycles. The quantitative estimate of drug-likeness (QED) is 0.895. The molecular formula is C16H24N6O. The molecule has 0 atom stereocenters. The largest absolute Gasteiger partial charge is 0.382 e. The molecule has 1 aliphatic heterocycles. The van der Waals surface area contributed by atoms with Gasteiger partial charge in [0.15, 0.2) is 11.5 Å². The van der Waals surface area contributed by atoms with E-state index in [-0.39, 0.29) is 11.8 Å². The fourth-order valence-corrected chi connectivity index (χ4v) is 3.15. The number of fused-ring (bicyclic) bond motifs is 1. The first-order chi connectivity index (χ1) is 11.0. The number of piperidine rings is 1. The van der Waals surface area contributed by atoms with Gasteiger partial charge in [0.1, 0.15) is 11.3 Å². The van der Waals surface area contributed by atoms with E-state index in [0.29, 0.717) is 22.9 Å². The number of carbonyl (C=O) groups excluding carboxylic acids is 1. The number of H-pyrrole nitrogens is 1. The summed E-state index contributed by atoms with van der Waals surface area (Å²) in [6, 6.07) is 0. The molecule has 7 heteroatoms. The van der Waals surface area contributed by atoms with Gasteiger partial charge in [-0.05, 0) is 25.2 Å². The Morgan fingerprint density at radius 3 is 2.83 bits per heavy atom. The minimum absolute atomic E-state index is 0.0866. The van der Waals surface area contributed by atoms with Crippen LogP contribution in [0.2, 0.25) is 0 Å². The zero-order valence-corrected chi connectivity index (χ0v) is 13.7. The minimum atomic E-state index is 0.0866. The highest BCUT2D eigenvalue weighted by atomic mass is 16.2. The fourth-order valence-electron chi connectivity index (χ4n) is 3.15. The maximum absolute atomic E-state index is 12.0. The van der Waals surface area contributed by atoms with Crippen LogP contribution in [0.3, 0.4) is 0 Å². The smallest absolute Gasteiger partial charge is 0.225 e. The number of imidazole rings is 1. The molecule has 0 aromatic carbocycles. The van der Waals surface area contributed by atoms with Gasteiger partial charge in [0.05, 0.1) is 6.33 Å². The molecule has 3 N–H and O–H groups in total. The van der Waals surface area contributed by atoms with Gasteiger partial charge in [0.2, 0.25) is 5.91 Å². The highest BCUT2D eigenvalue weighted by Gasteiger charge is 2.24. The molecule has 1 fully saturated rings. The first-order valence-electron chi connectivity index (χ1n) is 8.29. The maximum Gasteiger partial charge on any atom is 0.225 e. The number of anilines is 1. The van der Waals surface area contributed by atoms with Crippen molar-refractivity contribution in [3.63, 3.8) is 0 Å². The van der Waals surface area contributed by atoms with E-state index in [2.05, 4.69) is 19.9 Å². The minimum Gasteiger partial charge on any atom is -0.382 e. The van der Waals surface area contributed by atoms with Crippen LogP contribution >= 0.6 is 0 Å². The van der Waals surface area contributed by atoms with Crippen molar-refractivity contribution in [2.75, 3.05) is 18.8 Å². The van der Waals surface area contributed by atoms with E-state index in [0.717, 1.165) is 44.6 Å². The van der Waals surface area contributed by atoms with E-state index in [1.807, 2.05) is 18.7 Å². The second kappa shape index (κ2) is 6.52. The van der Waals surface area contributed by atoms with E-state index in [9.17, 15) is 4.79 Å². The summed E-state index contributed by atoms with van der Waals surface area (Å²) in [5.74, 6) is 2.18. The SMILES string of the molecule is CC(C)C(=O)N1CCC(CCc2nc(N)c3[nH]cnc3n2)CC1. The lowest BCUT2D eigenvalue weighted by molar-refractivity contribution is -0.135. The van der Waals surface area contributed by atoms with Crippen LogP contribution < -0.4 is 5.73 Å². The van der Waals surface area contributed by atoms with Gasteiger partial charge < -0.3 is 15.6 Å². The molecule has 124 valence electrons. The summed E-state index contributed by atoms with van der Waals surface area (Å²) in [4.78, 5) is 29.9. The highest BCUT2D eigenvalue weighted by Crippen LogP contribution is 2.23. The van der Waals surface area contributed by atoms with Crippen molar-refractivity contribution in [3.8, 4) is 0 Å². The van der Waals surface area contributed by atoms with Gasteiger partial charge in [-0.1, -0.05) is 13.8 Å². The van der Waals surface area contributed by atoms with Gasteiger partial charge in [-0.15, -0.1) is 0 Å². The third kappa shape index (κ3) is 3.43. The summed E-state index contributed by atoms with van der Waals surface area (Å²) in [7, 11) is 0. The van der Waals surface area contributed by atoms with Crippen LogP contribution in [0.25, 0.3) is 11.2 Å². The van der Waals surface area contributed by atoms with E-state index in [4.69, 9.17) is 5.73 Å². The van der Waals surface area contributed by atoms with Gasteiger partial charge in [-0.25, -0.2) is 15.0 Å². The third-order valence-corrected chi connectivity index (χ3v) is 4.56. The number of nitrogens with zero attached hydrogens (tertiary/aromatic N) is 4. The monoisotopic (exact) mass is 316 g/mol. The van der Waals surface area contributed by atoms with E-state index >= 15 is 0 Å². The lowest BCUT2D eigenvalue weighted by Gasteiger charge is -2.33. The summed E-state index contributed by atoms with van der Waals surface area (Å²) in [5, 5.41) is 0. The van der Waals surface area contributed by atoms with Gasteiger partial charge in [0.25, 0.3) is 0 Å². The number of aromatic amines is 1. The number of aromatic nitrogens is 4. The number of rotatable bonds is 4. The predicted octanol–water partition coefficient (Wildman–Crippen LogP) is 1.76. The number of nitrogens with two attached hydrogens (primary N) is 1.